The number of carbonyl (C=O) groups excluding carboxylic acids is 1. The van der Waals surface area contributed by atoms with Crippen molar-refractivity contribution >= 4 is 5.97 Å². The fourth-order valence-electron chi connectivity index (χ4n) is 6.52. The van der Waals surface area contributed by atoms with Gasteiger partial charge in [0, 0.05) is 12.8 Å². The Bertz CT molecular complexity index is 391. The molecular weight excluding hydrogens is 224 g/mol. The summed E-state index contributed by atoms with van der Waals surface area (Å²) in [5, 5.41) is 0. The van der Waals surface area contributed by atoms with Gasteiger partial charge in [-0.05, 0) is 75.0 Å². The molecule has 0 aromatic heterocycles. The summed E-state index contributed by atoms with van der Waals surface area (Å²) in [4.78, 5) is 11.4. The van der Waals surface area contributed by atoms with E-state index in [0.29, 0.717) is 5.92 Å². The lowest BCUT2D eigenvalue weighted by Gasteiger charge is -2.58. The van der Waals surface area contributed by atoms with Crippen molar-refractivity contribution in [2.75, 3.05) is 0 Å². The van der Waals surface area contributed by atoms with Gasteiger partial charge < -0.3 is 4.74 Å². The normalized spacial score (nSPS) is 56.6. The van der Waals surface area contributed by atoms with Crippen LogP contribution in [0.25, 0.3) is 0 Å². The monoisotopic (exact) mass is 248 g/mol. The van der Waals surface area contributed by atoms with Crippen LogP contribution in [0.15, 0.2) is 0 Å². The second-order valence-electron chi connectivity index (χ2n) is 7.54. The van der Waals surface area contributed by atoms with E-state index in [9.17, 15) is 4.79 Å². The van der Waals surface area contributed by atoms with Crippen molar-refractivity contribution in [2.45, 2.75) is 58.0 Å². The first kappa shape index (κ1) is 11.3. The highest BCUT2D eigenvalue weighted by molar-refractivity contribution is 5.66. The average Bonchev–Trinajstić information content (AvgIpc) is 2.88. The van der Waals surface area contributed by atoms with Gasteiger partial charge in [0.25, 0.3) is 0 Å². The molecule has 0 aliphatic heterocycles. The number of rotatable bonds is 1. The highest BCUT2D eigenvalue weighted by Gasteiger charge is 2.63. The Morgan fingerprint density at radius 1 is 1.06 bits per heavy atom. The number of fused-ring (bicyclic) bond motifs is 4. The maximum Gasteiger partial charge on any atom is 0.303 e. The summed E-state index contributed by atoms with van der Waals surface area (Å²) < 4.78 is 5.79. The molecule has 5 aliphatic rings. The SMILES string of the molecule is CC(=O)OC1(C)CC2CCC1C1C3CCC(C3)C21. The predicted molar refractivity (Wildman–Crippen MR) is 68.8 cm³/mol. The minimum atomic E-state index is -0.138. The zero-order valence-corrected chi connectivity index (χ0v) is 11.5. The smallest absolute Gasteiger partial charge is 0.303 e. The summed E-state index contributed by atoms with van der Waals surface area (Å²) in [5.74, 6) is 5.29. The van der Waals surface area contributed by atoms with Crippen molar-refractivity contribution in [1.29, 1.82) is 0 Å². The maximum atomic E-state index is 11.4. The van der Waals surface area contributed by atoms with E-state index in [1.807, 2.05) is 0 Å². The quantitative estimate of drug-likeness (QED) is 0.665. The summed E-state index contributed by atoms with van der Waals surface area (Å²) in [6.07, 6.45) is 8.26. The van der Waals surface area contributed by atoms with Gasteiger partial charge in [-0.25, -0.2) is 0 Å². The summed E-state index contributed by atoms with van der Waals surface area (Å²) in [6.45, 7) is 3.79. The van der Waals surface area contributed by atoms with Crippen LogP contribution < -0.4 is 0 Å². The molecule has 0 aromatic carbocycles. The first-order valence-corrected chi connectivity index (χ1v) is 7.78. The van der Waals surface area contributed by atoms with Crippen LogP contribution in [0.5, 0.6) is 0 Å². The highest BCUT2D eigenvalue weighted by atomic mass is 16.6. The van der Waals surface area contributed by atoms with E-state index >= 15 is 0 Å². The van der Waals surface area contributed by atoms with Gasteiger partial charge in [0.1, 0.15) is 5.60 Å². The number of hydrogen-bond donors (Lipinski definition) is 0. The predicted octanol–water partition coefficient (Wildman–Crippen LogP) is 3.40. The molecule has 0 spiro atoms. The third-order valence-electron chi connectivity index (χ3n) is 6.73. The second kappa shape index (κ2) is 3.52. The zero-order chi connectivity index (χ0) is 12.5. The second-order valence-corrected chi connectivity index (χ2v) is 7.54. The Morgan fingerprint density at radius 3 is 2.44 bits per heavy atom. The standard InChI is InChI=1S/C16H24O2/c1-9(17)18-16(2)8-12-5-6-13(16)15-11-4-3-10(7-11)14(12)15/h10-15H,3-8H2,1-2H3. The van der Waals surface area contributed by atoms with E-state index in [0.717, 1.165) is 36.0 Å². The first-order valence-electron chi connectivity index (χ1n) is 7.78. The van der Waals surface area contributed by atoms with Crippen LogP contribution in [0.1, 0.15) is 52.4 Å². The Labute approximate surface area is 109 Å². The molecule has 18 heavy (non-hydrogen) atoms. The fraction of sp³-hybridized carbons (Fsp3) is 0.938. The molecule has 5 aliphatic carbocycles. The van der Waals surface area contributed by atoms with Crippen molar-refractivity contribution in [1.82, 2.24) is 0 Å². The van der Waals surface area contributed by atoms with Gasteiger partial charge in [0.05, 0.1) is 0 Å². The van der Waals surface area contributed by atoms with E-state index in [2.05, 4.69) is 6.92 Å². The van der Waals surface area contributed by atoms with Crippen molar-refractivity contribution < 1.29 is 9.53 Å². The van der Waals surface area contributed by atoms with Crippen LogP contribution >= 0.6 is 0 Å². The van der Waals surface area contributed by atoms with Crippen molar-refractivity contribution in [3.63, 3.8) is 0 Å². The summed E-state index contributed by atoms with van der Waals surface area (Å²) in [7, 11) is 0. The van der Waals surface area contributed by atoms with Crippen LogP contribution in [0, 0.1) is 35.5 Å². The number of ether oxygens (including phenoxy) is 1. The Balaban J connectivity index is 1.67. The molecule has 100 valence electrons. The third-order valence-corrected chi connectivity index (χ3v) is 6.73. The number of esters is 1. The van der Waals surface area contributed by atoms with Crippen LogP contribution in [0.4, 0.5) is 0 Å². The van der Waals surface area contributed by atoms with Gasteiger partial charge in [-0.1, -0.05) is 0 Å². The summed E-state index contributed by atoms with van der Waals surface area (Å²) >= 11 is 0. The minimum absolute atomic E-state index is 0.0789. The Kier molecular flexibility index (Phi) is 2.21. The highest BCUT2D eigenvalue weighted by Crippen LogP contribution is 2.67. The molecule has 0 heterocycles. The van der Waals surface area contributed by atoms with Crippen LogP contribution in [0.3, 0.4) is 0 Å². The summed E-state index contributed by atoms with van der Waals surface area (Å²) in [5.41, 5.74) is -0.138. The Morgan fingerprint density at radius 2 is 1.72 bits per heavy atom. The average molecular weight is 248 g/mol. The fourth-order valence-corrected chi connectivity index (χ4v) is 6.52. The lowest BCUT2D eigenvalue weighted by molar-refractivity contribution is -0.194. The van der Waals surface area contributed by atoms with Crippen molar-refractivity contribution in [3.05, 3.63) is 0 Å². The molecule has 5 saturated carbocycles. The van der Waals surface area contributed by atoms with E-state index in [1.54, 1.807) is 6.92 Å². The molecular formula is C16H24O2. The Hall–Kier alpha value is -0.530. The van der Waals surface area contributed by atoms with E-state index in [4.69, 9.17) is 4.74 Å². The third kappa shape index (κ3) is 1.32. The molecule has 0 aromatic rings. The molecule has 0 N–H and O–H groups in total. The largest absolute Gasteiger partial charge is 0.459 e. The zero-order valence-electron chi connectivity index (χ0n) is 11.5. The first-order chi connectivity index (χ1) is 8.58. The molecule has 7 unspecified atom stereocenters. The van der Waals surface area contributed by atoms with E-state index < -0.39 is 0 Å². The molecule has 4 bridgehead atoms. The van der Waals surface area contributed by atoms with Gasteiger partial charge in [-0.15, -0.1) is 0 Å². The topological polar surface area (TPSA) is 26.3 Å². The molecule has 5 fully saturated rings. The van der Waals surface area contributed by atoms with Gasteiger partial charge in [0.2, 0.25) is 0 Å². The lowest BCUT2D eigenvalue weighted by atomic mass is 9.50. The molecule has 2 nitrogen and oxygen atoms in total. The minimum Gasteiger partial charge on any atom is -0.459 e. The summed E-state index contributed by atoms with van der Waals surface area (Å²) in [6, 6.07) is 0. The van der Waals surface area contributed by atoms with E-state index in [1.165, 1.54) is 32.1 Å². The van der Waals surface area contributed by atoms with Crippen molar-refractivity contribution in [2.24, 2.45) is 35.5 Å². The number of carbonyl (C=O) groups is 1. The lowest BCUT2D eigenvalue weighted by Crippen LogP contribution is -2.57. The molecule has 0 radical (unpaired) electrons. The van der Waals surface area contributed by atoms with Crippen LogP contribution in [0.2, 0.25) is 0 Å². The molecule has 5 rings (SSSR count). The van der Waals surface area contributed by atoms with Gasteiger partial charge in [-0.2, -0.15) is 0 Å². The molecule has 2 heteroatoms. The van der Waals surface area contributed by atoms with Gasteiger partial charge in [0.15, 0.2) is 0 Å². The van der Waals surface area contributed by atoms with E-state index in [-0.39, 0.29) is 11.6 Å². The molecule has 0 saturated heterocycles. The molecule has 0 amide bonds. The van der Waals surface area contributed by atoms with Gasteiger partial charge in [-0.3, -0.25) is 4.79 Å². The van der Waals surface area contributed by atoms with Gasteiger partial charge >= 0.3 is 5.97 Å². The van der Waals surface area contributed by atoms with Crippen molar-refractivity contribution in [3.8, 4) is 0 Å². The number of hydrogen-bond acceptors (Lipinski definition) is 2. The molecule has 7 atom stereocenters. The van der Waals surface area contributed by atoms with Crippen LogP contribution in [-0.4, -0.2) is 11.6 Å². The maximum absolute atomic E-state index is 11.4. The van der Waals surface area contributed by atoms with Crippen LogP contribution in [-0.2, 0) is 9.53 Å².